The second-order valence-corrected chi connectivity index (χ2v) is 11.6. The monoisotopic (exact) mass is 564 g/mol. The van der Waals surface area contributed by atoms with Gasteiger partial charge >= 0.3 is 11.9 Å². The van der Waals surface area contributed by atoms with Crippen LogP contribution in [0.4, 0.5) is 0 Å². The highest BCUT2D eigenvalue weighted by molar-refractivity contribution is 7.91. The van der Waals surface area contributed by atoms with Crippen LogP contribution in [0, 0.1) is 5.92 Å². The Balaban J connectivity index is 1.50. The van der Waals surface area contributed by atoms with Crippen LogP contribution in [0.25, 0.3) is 0 Å². The van der Waals surface area contributed by atoms with E-state index in [0.29, 0.717) is 17.5 Å². The van der Waals surface area contributed by atoms with E-state index in [0.717, 1.165) is 0 Å². The van der Waals surface area contributed by atoms with Gasteiger partial charge in [-0.25, -0.2) is 18.0 Å². The van der Waals surface area contributed by atoms with E-state index in [1.165, 1.54) is 12.1 Å². The van der Waals surface area contributed by atoms with Crippen molar-refractivity contribution in [2.75, 3.05) is 12.4 Å². The molecule has 3 aromatic rings. The molecule has 0 unspecified atom stereocenters. The summed E-state index contributed by atoms with van der Waals surface area (Å²) in [5.41, 5.74) is 0.649. The van der Waals surface area contributed by atoms with Crippen LogP contribution in [0.15, 0.2) is 109 Å². The van der Waals surface area contributed by atoms with Crippen molar-refractivity contribution in [2.45, 2.75) is 42.2 Å². The lowest BCUT2D eigenvalue weighted by atomic mass is 9.94. The molecule has 0 radical (unpaired) electrons. The molecule has 0 aromatic heterocycles. The molecule has 0 bridgehead atoms. The van der Waals surface area contributed by atoms with E-state index < -0.39 is 52.1 Å². The average Bonchev–Trinajstić information content (AvgIpc) is 3.25. The van der Waals surface area contributed by atoms with Crippen LogP contribution in [0.1, 0.15) is 33.6 Å². The third kappa shape index (κ3) is 7.44. The molecular weight excluding hydrogens is 532 g/mol. The van der Waals surface area contributed by atoms with Gasteiger partial charge in [0.25, 0.3) is 0 Å². The Morgan fingerprint density at radius 2 is 1.43 bits per heavy atom. The number of esters is 2. The largest absolute Gasteiger partial charge is 0.458 e. The smallest absolute Gasteiger partial charge is 0.338 e. The molecule has 4 rings (SSSR count). The second-order valence-electron chi connectivity index (χ2n) is 9.58. The van der Waals surface area contributed by atoms with Crippen molar-refractivity contribution >= 4 is 21.8 Å². The number of aliphatic hydroxyl groups excluding tert-OH is 1. The molecule has 1 N–H and O–H groups in total. The molecule has 40 heavy (non-hydrogen) atoms. The van der Waals surface area contributed by atoms with Crippen molar-refractivity contribution < 1.29 is 37.3 Å². The Morgan fingerprint density at radius 3 is 2.00 bits per heavy atom. The normalized spacial score (nSPS) is 21.3. The van der Waals surface area contributed by atoms with Gasteiger partial charge in [0.05, 0.1) is 40.1 Å². The van der Waals surface area contributed by atoms with Crippen LogP contribution in [-0.2, 0) is 24.0 Å². The summed E-state index contributed by atoms with van der Waals surface area (Å²) in [6, 6.07) is 24.8. The molecule has 1 saturated heterocycles. The highest BCUT2D eigenvalue weighted by atomic mass is 32.2. The van der Waals surface area contributed by atoms with E-state index in [-0.39, 0.29) is 23.7 Å². The summed E-state index contributed by atoms with van der Waals surface area (Å²) >= 11 is 0. The number of carbonyl (C=O) groups excluding carboxylic acids is 2. The van der Waals surface area contributed by atoms with Gasteiger partial charge in [0.2, 0.25) is 0 Å². The maximum atomic E-state index is 13.1. The number of ether oxygens (including phenoxy) is 3. The van der Waals surface area contributed by atoms with E-state index in [4.69, 9.17) is 14.2 Å². The van der Waals surface area contributed by atoms with Crippen LogP contribution in [0.3, 0.4) is 0 Å². The number of carbonyl (C=O) groups is 2. The number of benzene rings is 3. The molecule has 0 amide bonds. The van der Waals surface area contributed by atoms with Crippen molar-refractivity contribution in [3.05, 3.63) is 115 Å². The van der Waals surface area contributed by atoms with Gasteiger partial charge in [0.1, 0.15) is 12.7 Å². The zero-order valence-corrected chi connectivity index (χ0v) is 22.7. The van der Waals surface area contributed by atoms with Gasteiger partial charge in [0.15, 0.2) is 9.84 Å². The first-order chi connectivity index (χ1) is 19.3. The van der Waals surface area contributed by atoms with Crippen molar-refractivity contribution in [2.24, 2.45) is 5.92 Å². The predicted molar refractivity (Wildman–Crippen MR) is 148 cm³/mol. The molecule has 210 valence electrons. The average molecular weight is 565 g/mol. The highest BCUT2D eigenvalue weighted by Gasteiger charge is 2.46. The fraction of sp³-hybridized carbons (Fsp3) is 0.290. The Morgan fingerprint density at radius 1 is 0.875 bits per heavy atom. The first kappa shape index (κ1) is 29.2. The second kappa shape index (κ2) is 13.5. The van der Waals surface area contributed by atoms with Crippen molar-refractivity contribution in [1.29, 1.82) is 0 Å². The van der Waals surface area contributed by atoms with Crippen LogP contribution in [0.5, 0.6) is 0 Å². The lowest BCUT2D eigenvalue weighted by Gasteiger charge is -2.23. The van der Waals surface area contributed by atoms with Crippen molar-refractivity contribution in [1.82, 2.24) is 0 Å². The minimum absolute atomic E-state index is 0.0165. The molecule has 1 aliphatic rings. The maximum Gasteiger partial charge on any atom is 0.338 e. The molecule has 0 spiro atoms. The van der Waals surface area contributed by atoms with Crippen LogP contribution < -0.4 is 0 Å². The summed E-state index contributed by atoms with van der Waals surface area (Å²) in [6.07, 6.45) is -1.72. The number of hydrogen-bond acceptors (Lipinski definition) is 8. The van der Waals surface area contributed by atoms with Gasteiger partial charge in [-0.05, 0) is 42.8 Å². The number of hydrogen-bond donors (Lipinski definition) is 1. The molecule has 1 heterocycles. The Hall–Kier alpha value is -3.79. The Bertz CT molecular complexity index is 1380. The summed E-state index contributed by atoms with van der Waals surface area (Å²) < 4.78 is 43.5. The molecule has 0 aliphatic carbocycles. The van der Waals surface area contributed by atoms with Crippen LogP contribution in [-0.4, -0.2) is 62.2 Å². The highest BCUT2D eigenvalue weighted by Crippen LogP contribution is 2.34. The summed E-state index contributed by atoms with van der Waals surface area (Å²) in [4.78, 5) is 25.6. The maximum absolute atomic E-state index is 13.1. The first-order valence-electron chi connectivity index (χ1n) is 13.0. The lowest BCUT2D eigenvalue weighted by Crippen LogP contribution is -2.36. The first-order valence-corrected chi connectivity index (χ1v) is 14.6. The molecule has 3 aromatic carbocycles. The SMILES string of the molecule is C=CC[C@@H]1O[C@H](C[C@@H](COC(=O)c2ccccc2)OC(=O)c2ccccc2)[C@H](O)[C@H]1CS(=O)(=O)c1ccccc1. The topological polar surface area (TPSA) is 116 Å². The number of rotatable bonds is 12. The van der Waals surface area contributed by atoms with Crippen molar-refractivity contribution in [3.63, 3.8) is 0 Å². The Labute approximate surface area is 234 Å². The van der Waals surface area contributed by atoms with Crippen molar-refractivity contribution in [3.8, 4) is 0 Å². The van der Waals surface area contributed by atoms with Gasteiger partial charge in [-0.1, -0.05) is 60.7 Å². The minimum atomic E-state index is -3.72. The molecule has 0 saturated carbocycles. The molecular formula is C31H32O8S. The zero-order chi connectivity index (χ0) is 28.5. The molecule has 9 heteroatoms. The lowest BCUT2D eigenvalue weighted by molar-refractivity contribution is -0.0449. The fourth-order valence-electron chi connectivity index (χ4n) is 4.70. The summed E-state index contributed by atoms with van der Waals surface area (Å²) in [5, 5.41) is 11.2. The number of aliphatic hydroxyl groups is 1. The van der Waals surface area contributed by atoms with E-state index >= 15 is 0 Å². The zero-order valence-electron chi connectivity index (χ0n) is 21.9. The van der Waals surface area contributed by atoms with E-state index in [9.17, 15) is 23.1 Å². The van der Waals surface area contributed by atoms with Crippen LogP contribution >= 0.6 is 0 Å². The third-order valence-corrected chi connectivity index (χ3v) is 8.56. The van der Waals surface area contributed by atoms with Gasteiger partial charge in [-0.3, -0.25) is 0 Å². The van der Waals surface area contributed by atoms with E-state index in [2.05, 4.69) is 6.58 Å². The van der Waals surface area contributed by atoms with Gasteiger partial charge in [-0.2, -0.15) is 0 Å². The van der Waals surface area contributed by atoms with E-state index in [1.54, 1.807) is 84.9 Å². The molecule has 5 atom stereocenters. The van der Waals surface area contributed by atoms with Gasteiger partial charge < -0.3 is 19.3 Å². The fourth-order valence-corrected chi connectivity index (χ4v) is 6.39. The Kier molecular flexibility index (Phi) is 9.87. The van der Waals surface area contributed by atoms with Gasteiger partial charge in [-0.15, -0.1) is 6.58 Å². The summed E-state index contributed by atoms with van der Waals surface area (Å²) in [5.74, 6) is -2.29. The standard InChI is InChI=1S/C31H32O8S/c1-2-12-27-26(21-40(35,36)25-17-10-5-11-18-25)29(32)28(39-27)19-24(38-31(34)23-15-8-4-9-16-23)20-37-30(33)22-13-6-3-7-14-22/h2-11,13-18,24,26-29,32H,1,12,19-21H2/t24-,26-,27-,28+,29+/m0/s1. The third-order valence-electron chi connectivity index (χ3n) is 6.75. The summed E-state index contributed by atoms with van der Waals surface area (Å²) in [7, 11) is -3.72. The quantitative estimate of drug-likeness (QED) is 0.256. The van der Waals surface area contributed by atoms with Gasteiger partial charge in [0, 0.05) is 12.3 Å². The molecule has 1 aliphatic heterocycles. The predicted octanol–water partition coefficient (Wildman–Crippen LogP) is 4.25. The molecule has 1 fully saturated rings. The summed E-state index contributed by atoms with van der Waals surface area (Å²) in [6.45, 7) is 3.46. The minimum Gasteiger partial charge on any atom is -0.458 e. The van der Waals surface area contributed by atoms with E-state index in [1.807, 2.05) is 0 Å². The van der Waals surface area contributed by atoms with Crippen LogP contribution in [0.2, 0.25) is 0 Å². The number of sulfone groups is 1. The molecule has 8 nitrogen and oxygen atoms in total.